The standard InChI is InChI=1S/C17H28N2O/c1-13(10-17(2,3)4)9-16(20)19-12-15-8-6-5-7-14(15)11-18/h5-8,13H,9-12,18H2,1-4H3,(H,19,20). The topological polar surface area (TPSA) is 55.1 Å². The van der Waals surface area contributed by atoms with Crippen LogP contribution in [0, 0.1) is 11.3 Å². The number of nitrogens with one attached hydrogen (secondary N) is 1. The molecule has 1 rings (SSSR count). The fraction of sp³-hybridized carbons (Fsp3) is 0.588. The summed E-state index contributed by atoms with van der Waals surface area (Å²) in [6.45, 7) is 9.83. The monoisotopic (exact) mass is 276 g/mol. The zero-order chi connectivity index (χ0) is 15.2. The maximum atomic E-state index is 12.0. The third-order valence-corrected chi connectivity index (χ3v) is 3.31. The van der Waals surface area contributed by atoms with Gasteiger partial charge in [0.05, 0.1) is 0 Å². The van der Waals surface area contributed by atoms with Crippen molar-refractivity contribution in [2.45, 2.75) is 53.6 Å². The molecule has 0 aromatic heterocycles. The number of carbonyl (C=O) groups is 1. The van der Waals surface area contributed by atoms with Crippen LogP contribution in [0.1, 0.15) is 51.7 Å². The predicted molar refractivity (Wildman–Crippen MR) is 84.0 cm³/mol. The number of amides is 1. The highest BCUT2D eigenvalue weighted by Gasteiger charge is 2.17. The van der Waals surface area contributed by atoms with E-state index in [0.29, 0.717) is 25.4 Å². The molecule has 0 bridgehead atoms. The molecule has 1 aromatic carbocycles. The number of benzene rings is 1. The van der Waals surface area contributed by atoms with Crippen LogP contribution in [0.2, 0.25) is 0 Å². The minimum atomic E-state index is 0.119. The summed E-state index contributed by atoms with van der Waals surface area (Å²) in [5, 5.41) is 3.00. The van der Waals surface area contributed by atoms with Crippen LogP contribution in [0.5, 0.6) is 0 Å². The molecule has 3 heteroatoms. The van der Waals surface area contributed by atoms with E-state index >= 15 is 0 Å². The average molecular weight is 276 g/mol. The van der Waals surface area contributed by atoms with Gasteiger partial charge in [0.2, 0.25) is 5.91 Å². The van der Waals surface area contributed by atoms with Crippen molar-refractivity contribution in [3.63, 3.8) is 0 Å². The summed E-state index contributed by atoms with van der Waals surface area (Å²) in [4.78, 5) is 12.0. The molecule has 0 saturated heterocycles. The van der Waals surface area contributed by atoms with Crippen molar-refractivity contribution in [3.8, 4) is 0 Å². The normalized spacial score (nSPS) is 13.1. The van der Waals surface area contributed by atoms with Gasteiger partial charge in [0.25, 0.3) is 0 Å². The van der Waals surface area contributed by atoms with Crippen LogP contribution in [-0.2, 0) is 17.9 Å². The minimum absolute atomic E-state index is 0.119. The Balaban J connectivity index is 2.43. The highest BCUT2D eigenvalue weighted by atomic mass is 16.1. The Hall–Kier alpha value is -1.35. The Bertz CT molecular complexity index is 435. The van der Waals surface area contributed by atoms with Gasteiger partial charge in [0.15, 0.2) is 0 Å². The zero-order valence-corrected chi connectivity index (χ0v) is 13.2. The van der Waals surface area contributed by atoms with Crippen molar-refractivity contribution in [2.24, 2.45) is 17.1 Å². The van der Waals surface area contributed by atoms with Gasteiger partial charge >= 0.3 is 0 Å². The van der Waals surface area contributed by atoms with Crippen LogP contribution in [0.15, 0.2) is 24.3 Å². The quantitative estimate of drug-likeness (QED) is 0.838. The summed E-state index contributed by atoms with van der Waals surface area (Å²) in [5.41, 5.74) is 8.16. The lowest BCUT2D eigenvalue weighted by molar-refractivity contribution is -0.122. The highest BCUT2D eigenvalue weighted by molar-refractivity contribution is 5.76. The van der Waals surface area contributed by atoms with Gasteiger partial charge in [-0.15, -0.1) is 0 Å². The molecule has 1 unspecified atom stereocenters. The maximum Gasteiger partial charge on any atom is 0.220 e. The van der Waals surface area contributed by atoms with Gasteiger partial charge in [-0.1, -0.05) is 52.0 Å². The van der Waals surface area contributed by atoms with E-state index in [2.05, 4.69) is 33.0 Å². The molecule has 0 aliphatic carbocycles. The van der Waals surface area contributed by atoms with Crippen molar-refractivity contribution >= 4 is 5.91 Å². The van der Waals surface area contributed by atoms with E-state index in [4.69, 9.17) is 5.73 Å². The predicted octanol–water partition coefficient (Wildman–Crippen LogP) is 3.22. The van der Waals surface area contributed by atoms with E-state index in [1.165, 1.54) is 0 Å². The van der Waals surface area contributed by atoms with E-state index < -0.39 is 0 Å². The summed E-state index contributed by atoms with van der Waals surface area (Å²) in [6.07, 6.45) is 1.64. The van der Waals surface area contributed by atoms with Crippen molar-refractivity contribution in [1.29, 1.82) is 0 Å². The lowest BCUT2D eigenvalue weighted by Crippen LogP contribution is -2.26. The van der Waals surface area contributed by atoms with E-state index in [1.54, 1.807) is 0 Å². The van der Waals surface area contributed by atoms with Crippen LogP contribution in [0.3, 0.4) is 0 Å². The number of nitrogens with two attached hydrogens (primary N) is 1. The molecular weight excluding hydrogens is 248 g/mol. The molecule has 0 spiro atoms. The summed E-state index contributed by atoms with van der Waals surface area (Å²) in [6, 6.07) is 7.96. The van der Waals surface area contributed by atoms with Gasteiger partial charge in [0.1, 0.15) is 0 Å². The molecular formula is C17H28N2O. The Kier molecular flexibility index (Phi) is 6.21. The Morgan fingerprint density at radius 1 is 1.25 bits per heavy atom. The van der Waals surface area contributed by atoms with Crippen LogP contribution in [0.25, 0.3) is 0 Å². The molecule has 0 fully saturated rings. The van der Waals surface area contributed by atoms with Crippen LogP contribution >= 0.6 is 0 Å². The highest BCUT2D eigenvalue weighted by Crippen LogP contribution is 2.25. The van der Waals surface area contributed by atoms with Crippen molar-refractivity contribution < 1.29 is 4.79 Å². The second-order valence-corrected chi connectivity index (χ2v) is 6.82. The molecule has 1 aromatic rings. The summed E-state index contributed by atoms with van der Waals surface area (Å²) < 4.78 is 0. The molecule has 112 valence electrons. The Morgan fingerprint density at radius 3 is 2.40 bits per heavy atom. The molecule has 3 nitrogen and oxygen atoms in total. The lowest BCUT2D eigenvalue weighted by atomic mass is 9.84. The lowest BCUT2D eigenvalue weighted by Gasteiger charge is -2.22. The van der Waals surface area contributed by atoms with Gasteiger partial charge < -0.3 is 11.1 Å². The van der Waals surface area contributed by atoms with Gasteiger partial charge in [-0.2, -0.15) is 0 Å². The van der Waals surface area contributed by atoms with E-state index in [9.17, 15) is 4.79 Å². The average Bonchev–Trinajstić information content (AvgIpc) is 2.34. The summed E-state index contributed by atoms with van der Waals surface area (Å²) in [7, 11) is 0. The van der Waals surface area contributed by atoms with Crippen molar-refractivity contribution in [3.05, 3.63) is 35.4 Å². The van der Waals surface area contributed by atoms with E-state index in [1.807, 2.05) is 24.3 Å². The first kappa shape index (κ1) is 16.7. The van der Waals surface area contributed by atoms with Gasteiger partial charge in [-0.3, -0.25) is 4.79 Å². The number of hydrogen-bond acceptors (Lipinski definition) is 2. The molecule has 1 atom stereocenters. The molecule has 0 heterocycles. The third kappa shape index (κ3) is 6.20. The molecule has 20 heavy (non-hydrogen) atoms. The zero-order valence-electron chi connectivity index (χ0n) is 13.2. The van der Waals surface area contributed by atoms with E-state index in [0.717, 1.165) is 17.5 Å². The van der Waals surface area contributed by atoms with Gasteiger partial charge in [-0.25, -0.2) is 0 Å². The van der Waals surface area contributed by atoms with Gasteiger partial charge in [-0.05, 0) is 28.9 Å². The van der Waals surface area contributed by atoms with Crippen LogP contribution in [-0.4, -0.2) is 5.91 Å². The smallest absolute Gasteiger partial charge is 0.220 e. The van der Waals surface area contributed by atoms with Crippen molar-refractivity contribution in [1.82, 2.24) is 5.32 Å². The van der Waals surface area contributed by atoms with Gasteiger partial charge in [0, 0.05) is 19.5 Å². The first-order valence-corrected chi connectivity index (χ1v) is 7.35. The number of hydrogen-bond donors (Lipinski definition) is 2. The molecule has 1 amide bonds. The SMILES string of the molecule is CC(CC(=O)NCc1ccccc1CN)CC(C)(C)C. The first-order valence-electron chi connectivity index (χ1n) is 7.35. The first-order chi connectivity index (χ1) is 9.31. The van der Waals surface area contributed by atoms with Crippen molar-refractivity contribution in [2.75, 3.05) is 0 Å². The summed E-state index contributed by atoms with van der Waals surface area (Å²) >= 11 is 0. The maximum absolute atomic E-state index is 12.0. The van der Waals surface area contributed by atoms with Crippen LogP contribution < -0.4 is 11.1 Å². The molecule has 3 N–H and O–H groups in total. The second-order valence-electron chi connectivity index (χ2n) is 6.82. The van der Waals surface area contributed by atoms with Crippen LogP contribution in [0.4, 0.5) is 0 Å². The van der Waals surface area contributed by atoms with E-state index in [-0.39, 0.29) is 11.3 Å². The number of rotatable bonds is 6. The number of carbonyl (C=O) groups excluding carboxylic acids is 1. The fourth-order valence-corrected chi connectivity index (χ4v) is 2.63. The fourth-order valence-electron chi connectivity index (χ4n) is 2.63. The second kappa shape index (κ2) is 7.44. The molecule has 0 aliphatic heterocycles. The molecule has 0 saturated carbocycles. The Morgan fingerprint density at radius 2 is 1.85 bits per heavy atom. The molecule has 0 aliphatic rings. The summed E-state index contributed by atoms with van der Waals surface area (Å²) in [5.74, 6) is 0.522. The Labute approximate surface area is 122 Å². The largest absolute Gasteiger partial charge is 0.352 e. The third-order valence-electron chi connectivity index (χ3n) is 3.31. The minimum Gasteiger partial charge on any atom is -0.352 e. The molecule has 0 radical (unpaired) electrons.